The topological polar surface area (TPSA) is 53.4 Å². The standard InChI is InChI=1S/C13H11ClN2O3/c1-16-11(9(14)7-15-16)12(17)8-3-2-4-10-13(8)19-6-5-18-10/h2-4,7H,5-6H2,1H3. The van der Waals surface area contributed by atoms with Crippen LogP contribution in [0.5, 0.6) is 11.5 Å². The summed E-state index contributed by atoms with van der Waals surface area (Å²) in [5.41, 5.74) is 0.770. The first-order valence-electron chi connectivity index (χ1n) is 5.79. The number of ether oxygens (including phenoxy) is 2. The van der Waals surface area contributed by atoms with Gasteiger partial charge in [-0.3, -0.25) is 9.48 Å². The third kappa shape index (κ3) is 1.96. The van der Waals surface area contributed by atoms with Crippen molar-refractivity contribution in [3.63, 3.8) is 0 Å². The Bertz CT molecular complexity index is 632. The number of hydrogen-bond acceptors (Lipinski definition) is 4. The van der Waals surface area contributed by atoms with Crippen LogP contribution in [0.25, 0.3) is 0 Å². The van der Waals surface area contributed by atoms with E-state index in [1.165, 1.54) is 10.9 Å². The van der Waals surface area contributed by atoms with Gasteiger partial charge in [0.2, 0.25) is 5.78 Å². The molecule has 1 aromatic heterocycles. The first-order valence-corrected chi connectivity index (χ1v) is 6.17. The second-order valence-corrected chi connectivity index (χ2v) is 4.53. The van der Waals surface area contributed by atoms with Crippen molar-refractivity contribution in [1.29, 1.82) is 0 Å². The molecule has 2 aromatic rings. The molecule has 0 aliphatic carbocycles. The van der Waals surface area contributed by atoms with E-state index in [9.17, 15) is 4.79 Å². The normalized spacial score (nSPS) is 13.4. The third-order valence-corrected chi connectivity index (χ3v) is 3.20. The van der Waals surface area contributed by atoms with E-state index in [0.717, 1.165) is 0 Å². The van der Waals surface area contributed by atoms with Crippen LogP contribution in [-0.2, 0) is 7.05 Å². The molecular weight excluding hydrogens is 268 g/mol. The minimum Gasteiger partial charge on any atom is -0.486 e. The van der Waals surface area contributed by atoms with Crippen LogP contribution in [0.2, 0.25) is 5.02 Å². The molecular formula is C13H11ClN2O3. The molecule has 19 heavy (non-hydrogen) atoms. The van der Waals surface area contributed by atoms with E-state index in [1.807, 2.05) is 0 Å². The van der Waals surface area contributed by atoms with Crippen molar-refractivity contribution >= 4 is 17.4 Å². The smallest absolute Gasteiger partial charge is 0.216 e. The van der Waals surface area contributed by atoms with Gasteiger partial charge in [-0.05, 0) is 12.1 Å². The first-order chi connectivity index (χ1) is 9.18. The van der Waals surface area contributed by atoms with Crippen LogP contribution in [0.3, 0.4) is 0 Å². The molecule has 0 fully saturated rings. The second-order valence-electron chi connectivity index (χ2n) is 4.12. The van der Waals surface area contributed by atoms with Crippen molar-refractivity contribution in [2.45, 2.75) is 0 Å². The lowest BCUT2D eigenvalue weighted by Gasteiger charge is -2.20. The molecule has 1 aromatic carbocycles. The summed E-state index contributed by atoms with van der Waals surface area (Å²) in [5, 5.41) is 4.29. The van der Waals surface area contributed by atoms with Crippen molar-refractivity contribution in [2.24, 2.45) is 7.05 Å². The molecule has 0 radical (unpaired) electrons. The minimum absolute atomic E-state index is 0.229. The Kier molecular flexibility index (Phi) is 2.91. The van der Waals surface area contributed by atoms with E-state index in [2.05, 4.69) is 5.10 Å². The molecule has 0 N–H and O–H groups in total. The SMILES string of the molecule is Cn1ncc(Cl)c1C(=O)c1cccc2c1OCCO2. The number of fused-ring (bicyclic) bond motifs is 1. The predicted molar refractivity (Wildman–Crippen MR) is 69.1 cm³/mol. The zero-order valence-electron chi connectivity index (χ0n) is 10.2. The largest absolute Gasteiger partial charge is 0.486 e. The van der Waals surface area contributed by atoms with Crippen molar-refractivity contribution < 1.29 is 14.3 Å². The number of carbonyl (C=O) groups is 1. The van der Waals surface area contributed by atoms with Crippen LogP contribution in [0.15, 0.2) is 24.4 Å². The molecule has 0 amide bonds. The monoisotopic (exact) mass is 278 g/mol. The highest BCUT2D eigenvalue weighted by atomic mass is 35.5. The summed E-state index contributed by atoms with van der Waals surface area (Å²) in [6.07, 6.45) is 1.45. The van der Waals surface area contributed by atoms with Gasteiger partial charge in [0.15, 0.2) is 11.5 Å². The van der Waals surface area contributed by atoms with Gasteiger partial charge in [0.25, 0.3) is 0 Å². The predicted octanol–water partition coefficient (Wildman–Crippen LogP) is 2.08. The molecule has 0 unspecified atom stereocenters. The zero-order valence-corrected chi connectivity index (χ0v) is 11.0. The summed E-state index contributed by atoms with van der Waals surface area (Å²) in [6.45, 7) is 0.910. The minimum atomic E-state index is -0.229. The highest BCUT2D eigenvalue weighted by Crippen LogP contribution is 2.35. The quantitative estimate of drug-likeness (QED) is 0.789. The van der Waals surface area contributed by atoms with E-state index in [-0.39, 0.29) is 5.78 Å². The van der Waals surface area contributed by atoms with Crippen LogP contribution >= 0.6 is 11.6 Å². The molecule has 0 bridgehead atoms. The number of halogens is 1. The van der Waals surface area contributed by atoms with E-state index in [1.54, 1.807) is 25.2 Å². The van der Waals surface area contributed by atoms with Crippen LogP contribution in [0.4, 0.5) is 0 Å². The lowest BCUT2D eigenvalue weighted by atomic mass is 10.1. The van der Waals surface area contributed by atoms with Crippen molar-refractivity contribution in [1.82, 2.24) is 9.78 Å². The summed E-state index contributed by atoms with van der Waals surface area (Å²) < 4.78 is 12.4. The van der Waals surface area contributed by atoms with E-state index in [4.69, 9.17) is 21.1 Å². The Labute approximate surface area is 114 Å². The number of para-hydroxylation sites is 1. The number of rotatable bonds is 2. The van der Waals surface area contributed by atoms with Gasteiger partial charge >= 0.3 is 0 Å². The van der Waals surface area contributed by atoms with Gasteiger partial charge in [0, 0.05) is 7.05 Å². The lowest BCUT2D eigenvalue weighted by molar-refractivity contribution is 0.101. The number of carbonyl (C=O) groups excluding carboxylic acids is 1. The Hall–Kier alpha value is -2.01. The maximum Gasteiger partial charge on any atom is 0.216 e. The fourth-order valence-corrected chi connectivity index (χ4v) is 2.30. The summed E-state index contributed by atoms with van der Waals surface area (Å²) >= 11 is 6.00. The summed E-state index contributed by atoms with van der Waals surface area (Å²) in [6, 6.07) is 5.22. The van der Waals surface area contributed by atoms with Crippen LogP contribution < -0.4 is 9.47 Å². The number of ketones is 1. The summed E-state index contributed by atoms with van der Waals surface area (Å²) in [5.74, 6) is 0.818. The third-order valence-electron chi connectivity index (χ3n) is 2.92. The Balaban J connectivity index is 2.10. The van der Waals surface area contributed by atoms with Gasteiger partial charge in [0.05, 0.1) is 16.8 Å². The summed E-state index contributed by atoms with van der Waals surface area (Å²) in [7, 11) is 1.67. The first kappa shape index (κ1) is 12.0. The summed E-state index contributed by atoms with van der Waals surface area (Å²) in [4.78, 5) is 12.5. The van der Waals surface area contributed by atoms with Gasteiger partial charge in [-0.1, -0.05) is 17.7 Å². The Morgan fingerprint density at radius 1 is 1.37 bits per heavy atom. The molecule has 3 rings (SSSR count). The molecule has 5 nitrogen and oxygen atoms in total. The molecule has 0 saturated heterocycles. The van der Waals surface area contributed by atoms with E-state index < -0.39 is 0 Å². The Morgan fingerprint density at radius 3 is 2.89 bits per heavy atom. The van der Waals surface area contributed by atoms with Gasteiger partial charge < -0.3 is 9.47 Å². The van der Waals surface area contributed by atoms with Crippen LogP contribution in [-0.4, -0.2) is 28.8 Å². The molecule has 98 valence electrons. The second kappa shape index (κ2) is 4.59. The zero-order chi connectivity index (χ0) is 13.4. The van der Waals surface area contributed by atoms with E-state index >= 15 is 0 Å². The van der Waals surface area contributed by atoms with E-state index in [0.29, 0.717) is 41.0 Å². The average molecular weight is 279 g/mol. The number of benzene rings is 1. The maximum atomic E-state index is 12.5. The van der Waals surface area contributed by atoms with Crippen molar-refractivity contribution in [2.75, 3.05) is 13.2 Å². The van der Waals surface area contributed by atoms with Gasteiger partial charge in [0.1, 0.15) is 18.9 Å². The number of aryl methyl sites for hydroxylation is 1. The van der Waals surface area contributed by atoms with Crippen molar-refractivity contribution in [3.8, 4) is 11.5 Å². The molecule has 6 heteroatoms. The highest BCUT2D eigenvalue weighted by Gasteiger charge is 2.24. The fraction of sp³-hybridized carbons (Fsp3) is 0.231. The van der Waals surface area contributed by atoms with Crippen molar-refractivity contribution in [3.05, 3.63) is 40.7 Å². The molecule has 0 atom stereocenters. The van der Waals surface area contributed by atoms with Gasteiger partial charge in [-0.25, -0.2) is 0 Å². The molecule has 0 saturated carbocycles. The molecule has 1 aliphatic heterocycles. The number of hydrogen-bond donors (Lipinski definition) is 0. The van der Waals surface area contributed by atoms with Crippen LogP contribution in [0.1, 0.15) is 16.1 Å². The molecule has 2 heterocycles. The molecule has 0 spiro atoms. The fourth-order valence-electron chi connectivity index (χ4n) is 2.05. The number of nitrogens with zero attached hydrogens (tertiary/aromatic N) is 2. The molecule has 1 aliphatic rings. The number of aromatic nitrogens is 2. The maximum absolute atomic E-state index is 12.5. The highest BCUT2D eigenvalue weighted by molar-refractivity contribution is 6.34. The van der Waals surface area contributed by atoms with Crippen LogP contribution in [0, 0.1) is 0 Å². The van der Waals surface area contributed by atoms with Gasteiger partial charge in [-0.2, -0.15) is 5.10 Å². The average Bonchev–Trinajstić information content (AvgIpc) is 2.77. The van der Waals surface area contributed by atoms with Gasteiger partial charge in [-0.15, -0.1) is 0 Å². The lowest BCUT2D eigenvalue weighted by Crippen LogP contribution is -2.18. The Morgan fingerprint density at radius 2 is 2.16 bits per heavy atom.